The summed E-state index contributed by atoms with van der Waals surface area (Å²) < 4.78 is 69.8. The van der Waals surface area contributed by atoms with Gasteiger partial charge >= 0.3 is 0 Å². The molecule has 0 N–H and O–H groups in total. The van der Waals surface area contributed by atoms with Crippen LogP contribution in [0.5, 0.6) is 0 Å². The van der Waals surface area contributed by atoms with Crippen LogP contribution >= 0.6 is 0 Å². The Hall–Kier alpha value is -0.330. The van der Waals surface area contributed by atoms with Crippen LogP contribution in [0.3, 0.4) is 0 Å². The maximum atomic E-state index is 12.6. The van der Waals surface area contributed by atoms with Crippen LogP contribution in [-0.4, -0.2) is 32.3 Å². The average Bonchev–Trinajstić information content (AvgIpc) is 2.02. The highest BCUT2D eigenvalue weighted by molar-refractivity contribution is 7.92. The summed E-state index contributed by atoms with van der Waals surface area (Å²) in [7, 11) is -4.29. The van der Waals surface area contributed by atoms with E-state index in [0.29, 0.717) is 0 Å². The molecule has 3 atom stereocenters. The molecule has 1 aliphatic heterocycles. The summed E-state index contributed by atoms with van der Waals surface area (Å²) in [5.41, 5.74) is -2.76. The van der Waals surface area contributed by atoms with Gasteiger partial charge in [0.1, 0.15) is 6.17 Å². The van der Waals surface area contributed by atoms with Crippen molar-refractivity contribution in [1.82, 2.24) is 0 Å². The third-order valence-electron chi connectivity index (χ3n) is 1.75. The Bertz CT molecular complexity index is 263. The highest BCUT2D eigenvalue weighted by Gasteiger charge is 2.52. The molecular formula is C5H6F4O2S. The fourth-order valence-electron chi connectivity index (χ4n) is 1.10. The smallest absolute Gasteiger partial charge is 0.246 e. The molecule has 1 heterocycles. The summed E-state index contributed by atoms with van der Waals surface area (Å²) in [5, 5.41) is 0. The van der Waals surface area contributed by atoms with Crippen LogP contribution < -0.4 is 0 Å². The van der Waals surface area contributed by atoms with E-state index in [1.807, 2.05) is 0 Å². The predicted octanol–water partition coefficient (Wildman–Crippen LogP) is 0.930. The number of halogens is 4. The van der Waals surface area contributed by atoms with E-state index in [4.69, 9.17) is 0 Å². The summed E-state index contributed by atoms with van der Waals surface area (Å²) >= 11 is 0. The molecule has 1 aliphatic rings. The second-order valence-corrected chi connectivity index (χ2v) is 4.72. The summed E-state index contributed by atoms with van der Waals surface area (Å²) in [6.45, 7) is 0. The molecule has 7 heteroatoms. The second-order valence-electron chi connectivity index (χ2n) is 2.61. The molecule has 0 aromatic carbocycles. The Kier molecular flexibility index (Phi) is 2.33. The molecule has 2 nitrogen and oxygen atoms in total. The van der Waals surface area contributed by atoms with Gasteiger partial charge in [-0.1, -0.05) is 0 Å². The van der Waals surface area contributed by atoms with Crippen molar-refractivity contribution in [2.24, 2.45) is 5.92 Å². The highest BCUT2D eigenvalue weighted by atomic mass is 32.2. The van der Waals surface area contributed by atoms with Gasteiger partial charge in [-0.05, 0) is 0 Å². The third-order valence-corrected chi connectivity index (χ3v) is 3.53. The van der Waals surface area contributed by atoms with E-state index < -0.39 is 39.6 Å². The van der Waals surface area contributed by atoms with Crippen molar-refractivity contribution >= 4 is 9.84 Å². The Balaban J connectivity index is 2.93. The molecule has 0 bridgehead atoms. The van der Waals surface area contributed by atoms with Gasteiger partial charge < -0.3 is 0 Å². The standard InChI is InChI=1S/C5H6F4O2S/c6-2-1-12(10,11)5(9)3(2)4(7)8/h2-5H,1H2. The Morgan fingerprint density at radius 1 is 1.25 bits per heavy atom. The van der Waals surface area contributed by atoms with Gasteiger partial charge in [0.2, 0.25) is 11.9 Å². The van der Waals surface area contributed by atoms with E-state index in [1.54, 1.807) is 0 Å². The molecule has 0 amide bonds. The fraction of sp³-hybridized carbons (Fsp3) is 1.00. The van der Waals surface area contributed by atoms with Crippen LogP contribution in [0.1, 0.15) is 0 Å². The van der Waals surface area contributed by atoms with Crippen molar-refractivity contribution in [2.75, 3.05) is 5.75 Å². The summed E-state index contributed by atoms with van der Waals surface area (Å²) in [6, 6.07) is 0. The molecule has 12 heavy (non-hydrogen) atoms. The summed E-state index contributed by atoms with van der Waals surface area (Å²) in [4.78, 5) is 0. The van der Waals surface area contributed by atoms with E-state index in [2.05, 4.69) is 0 Å². The van der Waals surface area contributed by atoms with E-state index in [0.717, 1.165) is 0 Å². The Morgan fingerprint density at radius 3 is 1.92 bits per heavy atom. The van der Waals surface area contributed by atoms with Crippen molar-refractivity contribution < 1.29 is 26.0 Å². The summed E-state index contributed by atoms with van der Waals surface area (Å²) in [5.74, 6) is -3.45. The molecule has 0 aromatic rings. The molecule has 0 aliphatic carbocycles. The SMILES string of the molecule is O=S1(=O)CC(F)C(C(F)F)C1F. The highest BCUT2D eigenvalue weighted by Crippen LogP contribution is 2.34. The predicted molar refractivity (Wildman–Crippen MR) is 33.1 cm³/mol. The molecular weight excluding hydrogens is 200 g/mol. The third kappa shape index (κ3) is 1.41. The van der Waals surface area contributed by atoms with Crippen LogP contribution in [0.25, 0.3) is 0 Å². The molecule has 0 saturated carbocycles. The van der Waals surface area contributed by atoms with Crippen molar-refractivity contribution in [3.63, 3.8) is 0 Å². The monoisotopic (exact) mass is 206 g/mol. The topological polar surface area (TPSA) is 34.1 Å². The van der Waals surface area contributed by atoms with E-state index in [-0.39, 0.29) is 0 Å². The van der Waals surface area contributed by atoms with Gasteiger partial charge in [0.05, 0.1) is 11.7 Å². The largest absolute Gasteiger partial charge is 0.248 e. The van der Waals surface area contributed by atoms with Crippen molar-refractivity contribution in [1.29, 1.82) is 0 Å². The van der Waals surface area contributed by atoms with Gasteiger partial charge in [-0.2, -0.15) is 0 Å². The second kappa shape index (κ2) is 2.86. The van der Waals surface area contributed by atoms with Gasteiger partial charge in [-0.3, -0.25) is 0 Å². The fourth-order valence-corrected chi connectivity index (χ4v) is 2.72. The summed E-state index contributed by atoms with van der Waals surface area (Å²) in [6.07, 6.45) is -5.56. The zero-order valence-corrected chi connectivity index (χ0v) is 6.57. The van der Waals surface area contributed by atoms with Crippen molar-refractivity contribution in [2.45, 2.75) is 18.1 Å². The minimum Gasteiger partial charge on any atom is -0.246 e. The lowest BCUT2D eigenvalue weighted by molar-refractivity contribution is 0.0199. The van der Waals surface area contributed by atoms with Gasteiger partial charge in [-0.25, -0.2) is 26.0 Å². The molecule has 1 rings (SSSR count). The van der Waals surface area contributed by atoms with Crippen molar-refractivity contribution in [3.8, 4) is 0 Å². The van der Waals surface area contributed by atoms with Gasteiger partial charge in [0.15, 0.2) is 9.84 Å². The minimum absolute atomic E-state index is 1.14. The zero-order chi connectivity index (χ0) is 9.52. The molecule has 0 radical (unpaired) electrons. The number of rotatable bonds is 1. The average molecular weight is 206 g/mol. The molecule has 1 saturated heterocycles. The minimum atomic E-state index is -4.29. The Labute approximate surface area is 66.5 Å². The van der Waals surface area contributed by atoms with Crippen LogP contribution in [0.2, 0.25) is 0 Å². The van der Waals surface area contributed by atoms with Crippen LogP contribution in [-0.2, 0) is 9.84 Å². The molecule has 1 fully saturated rings. The van der Waals surface area contributed by atoms with Gasteiger partial charge in [0.25, 0.3) is 0 Å². The van der Waals surface area contributed by atoms with E-state index >= 15 is 0 Å². The lowest BCUT2D eigenvalue weighted by Crippen LogP contribution is -2.26. The van der Waals surface area contributed by atoms with E-state index in [1.165, 1.54) is 0 Å². The first kappa shape index (κ1) is 9.76. The Morgan fingerprint density at radius 2 is 1.75 bits per heavy atom. The number of alkyl halides is 4. The van der Waals surface area contributed by atoms with Crippen LogP contribution in [0.4, 0.5) is 17.6 Å². The number of hydrogen-bond acceptors (Lipinski definition) is 2. The quantitative estimate of drug-likeness (QED) is 0.598. The molecule has 3 unspecified atom stereocenters. The van der Waals surface area contributed by atoms with E-state index in [9.17, 15) is 26.0 Å². The van der Waals surface area contributed by atoms with Crippen molar-refractivity contribution in [3.05, 3.63) is 0 Å². The normalized spacial score (nSPS) is 40.6. The first-order valence-corrected chi connectivity index (χ1v) is 4.85. The molecule has 0 spiro atoms. The first-order chi connectivity index (χ1) is 5.36. The van der Waals surface area contributed by atoms with Gasteiger partial charge in [-0.15, -0.1) is 0 Å². The zero-order valence-electron chi connectivity index (χ0n) is 5.75. The first-order valence-electron chi connectivity index (χ1n) is 3.14. The maximum absolute atomic E-state index is 12.6. The maximum Gasteiger partial charge on any atom is 0.248 e. The lowest BCUT2D eigenvalue weighted by atomic mass is 10.1. The molecule has 72 valence electrons. The number of sulfone groups is 1. The lowest BCUT2D eigenvalue weighted by Gasteiger charge is -2.10. The van der Waals surface area contributed by atoms with Gasteiger partial charge in [0, 0.05) is 0 Å². The van der Waals surface area contributed by atoms with Crippen LogP contribution in [0, 0.1) is 5.92 Å². The molecule has 0 aromatic heterocycles. The van der Waals surface area contributed by atoms with Crippen LogP contribution in [0.15, 0.2) is 0 Å². The number of hydrogen-bond donors (Lipinski definition) is 0.